The molecule has 0 bridgehead atoms. The van der Waals surface area contributed by atoms with E-state index >= 15 is 0 Å². The third kappa shape index (κ3) is 7.34. The van der Waals surface area contributed by atoms with Crippen molar-refractivity contribution < 1.29 is 14.3 Å². The van der Waals surface area contributed by atoms with E-state index < -0.39 is 0 Å². The van der Waals surface area contributed by atoms with Crippen molar-refractivity contribution in [2.24, 2.45) is 0 Å². The molecule has 4 heterocycles. The predicted octanol–water partition coefficient (Wildman–Crippen LogP) is 1.99. The number of H-pyrrole nitrogens is 1. The highest BCUT2D eigenvalue weighted by atomic mass is 16.5. The molecule has 0 aromatic carbocycles. The van der Waals surface area contributed by atoms with Crippen LogP contribution in [-0.4, -0.2) is 84.9 Å². The molecule has 0 spiro atoms. The molecule has 4 rings (SSSR count). The molecule has 10 heteroatoms. The standard InChI is InChI=1S/C27H36N6O4/c1-3-21-16-24-25(31-26(21)34)15-20(17-29-24)19-32-8-10-33(11-9-32)22-5-6-23(30-18-22)27(35)28-7-12-37-14-13-36-4-2/h5-6,15-18H,3-4,7-14,19H2,1-2H3,(H,28,35)(H,31,34). The second-order valence-electron chi connectivity index (χ2n) is 8.98. The summed E-state index contributed by atoms with van der Waals surface area (Å²) in [6, 6.07) is 7.61. The smallest absolute Gasteiger partial charge is 0.269 e. The molecule has 0 aliphatic carbocycles. The second-order valence-corrected chi connectivity index (χ2v) is 8.98. The Labute approximate surface area is 217 Å². The molecule has 1 fully saturated rings. The van der Waals surface area contributed by atoms with Gasteiger partial charge in [0.1, 0.15) is 5.69 Å². The van der Waals surface area contributed by atoms with Crippen molar-refractivity contribution in [2.75, 3.05) is 64.1 Å². The van der Waals surface area contributed by atoms with E-state index in [0.717, 1.165) is 60.6 Å². The van der Waals surface area contributed by atoms with E-state index in [9.17, 15) is 9.59 Å². The minimum absolute atomic E-state index is 0.0398. The topological polar surface area (TPSA) is 113 Å². The van der Waals surface area contributed by atoms with Gasteiger partial charge in [-0.1, -0.05) is 6.92 Å². The molecule has 0 radical (unpaired) electrons. The number of carbonyl (C=O) groups excluding carboxylic acids is 1. The van der Waals surface area contributed by atoms with Crippen molar-refractivity contribution in [3.8, 4) is 0 Å². The summed E-state index contributed by atoms with van der Waals surface area (Å²) >= 11 is 0. The van der Waals surface area contributed by atoms with Crippen molar-refractivity contribution >= 4 is 22.6 Å². The van der Waals surface area contributed by atoms with Crippen molar-refractivity contribution in [3.05, 3.63) is 63.8 Å². The Morgan fingerprint density at radius 1 is 1.03 bits per heavy atom. The first-order chi connectivity index (χ1) is 18.1. The molecule has 2 N–H and O–H groups in total. The van der Waals surface area contributed by atoms with Gasteiger partial charge in [0.15, 0.2) is 0 Å². The molecule has 3 aromatic heterocycles. The second kappa shape index (κ2) is 13.3. The number of aromatic amines is 1. The number of hydrogen-bond acceptors (Lipinski definition) is 8. The van der Waals surface area contributed by atoms with Gasteiger partial charge >= 0.3 is 0 Å². The summed E-state index contributed by atoms with van der Waals surface area (Å²) in [5.74, 6) is -0.207. The van der Waals surface area contributed by atoms with Crippen molar-refractivity contribution in [2.45, 2.75) is 26.8 Å². The van der Waals surface area contributed by atoms with E-state index in [1.807, 2.05) is 38.2 Å². The third-order valence-electron chi connectivity index (χ3n) is 6.44. The van der Waals surface area contributed by atoms with Gasteiger partial charge < -0.3 is 24.7 Å². The van der Waals surface area contributed by atoms with Gasteiger partial charge in [0, 0.05) is 57.6 Å². The minimum atomic E-state index is -0.207. The molecule has 10 nitrogen and oxygen atoms in total. The molecule has 3 aromatic rings. The molecule has 0 saturated carbocycles. The monoisotopic (exact) mass is 508 g/mol. The lowest BCUT2D eigenvalue weighted by Gasteiger charge is -2.36. The van der Waals surface area contributed by atoms with E-state index in [-0.39, 0.29) is 11.5 Å². The Hall–Kier alpha value is -3.34. The van der Waals surface area contributed by atoms with Gasteiger partial charge in [-0.25, -0.2) is 4.98 Å². The summed E-state index contributed by atoms with van der Waals surface area (Å²) in [7, 11) is 0. The van der Waals surface area contributed by atoms with Crippen LogP contribution in [0.4, 0.5) is 5.69 Å². The average molecular weight is 509 g/mol. The molecule has 0 unspecified atom stereocenters. The summed E-state index contributed by atoms with van der Waals surface area (Å²) in [6.07, 6.45) is 4.35. The molecule has 1 saturated heterocycles. The zero-order valence-corrected chi connectivity index (χ0v) is 21.7. The number of nitrogens with zero attached hydrogens (tertiary/aromatic N) is 4. The normalized spacial score (nSPS) is 14.3. The van der Waals surface area contributed by atoms with Crippen LogP contribution in [0.25, 0.3) is 11.0 Å². The van der Waals surface area contributed by atoms with Crippen LogP contribution >= 0.6 is 0 Å². The molecule has 198 valence electrons. The van der Waals surface area contributed by atoms with Gasteiger partial charge in [-0.3, -0.25) is 19.5 Å². The molecule has 37 heavy (non-hydrogen) atoms. The average Bonchev–Trinajstić information content (AvgIpc) is 2.92. The van der Waals surface area contributed by atoms with Gasteiger partial charge in [-0.2, -0.15) is 0 Å². The van der Waals surface area contributed by atoms with Crippen LogP contribution < -0.4 is 15.8 Å². The summed E-state index contributed by atoms with van der Waals surface area (Å²) in [4.78, 5) is 41.0. The van der Waals surface area contributed by atoms with E-state index in [1.165, 1.54) is 0 Å². The Morgan fingerprint density at radius 2 is 1.84 bits per heavy atom. The minimum Gasteiger partial charge on any atom is -0.379 e. The summed E-state index contributed by atoms with van der Waals surface area (Å²) in [5, 5.41) is 2.83. The van der Waals surface area contributed by atoms with Crippen LogP contribution in [0.5, 0.6) is 0 Å². The maximum Gasteiger partial charge on any atom is 0.269 e. The van der Waals surface area contributed by atoms with Gasteiger partial charge in [-0.15, -0.1) is 0 Å². The number of rotatable bonds is 12. The molecular weight excluding hydrogens is 472 g/mol. The number of amides is 1. The third-order valence-corrected chi connectivity index (χ3v) is 6.44. The molecular formula is C27H36N6O4. The zero-order valence-electron chi connectivity index (χ0n) is 21.7. The number of aryl methyl sites for hydroxylation is 1. The van der Waals surface area contributed by atoms with Crippen LogP contribution in [-0.2, 0) is 22.4 Å². The number of carbonyl (C=O) groups is 1. The van der Waals surface area contributed by atoms with Crippen LogP contribution in [0.3, 0.4) is 0 Å². The Bertz CT molecular complexity index is 1220. The zero-order chi connectivity index (χ0) is 26.0. The molecule has 0 atom stereocenters. The highest BCUT2D eigenvalue weighted by Crippen LogP contribution is 2.18. The number of aromatic nitrogens is 3. The van der Waals surface area contributed by atoms with Crippen LogP contribution in [0.15, 0.2) is 41.5 Å². The summed E-state index contributed by atoms with van der Waals surface area (Å²) in [6.45, 7) is 10.8. The molecule has 1 aliphatic heterocycles. The quantitative estimate of drug-likeness (QED) is 0.357. The summed E-state index contributed by atoms with van der Waals surface area (Å²) in [5.41, 5.74) is 4.80. The lowest BCUT2D eigenvalue weighted by molar-refractivity contribution is 0.0531. The first-order valence-corrected chi connectivity index (χ1v) is 12.9. The lowest BCUT2D eigenvalue weighted by atomic mass is 10.1. The first kappa shape index (κ1) is 26.7. The Balaban J connectivity index is 1.23. The predicted molar refractivity (Wildman–Crippen MR) is 143 cm³/mol. The number of hydrogen-bond donors (Lipinski definition) is 2. The van der Waals surface area contributed by atoms with E-state index in [1.54, 1.807) is 12.3 Å². The number of fused-ring (bicyclic) bond motifs is 1. The Morgan fingerprint density at radius 3 is 2.57 bits per heavy atom. The number of pyridine rings is 3. The number of nitrogens with one attached hydrogen (secondary N) is 2. The number of ether oxygens (including phenoxy) is 2. The fourth-order valence-corrected chi connectivity index (χ4v) is 4.34. The first-order valence-electron chi connectivity index (χ1n) is 12.9. The lowest BCUT2D eigenvalue weighted by Crippen LogP contribution is -2.46. The van der Waals surface area contributed by atoms with Gasteiger partial charge in [0.05, 0.1) is 42.7 Å². The van der Waals surface area contributed by atoms with Crippen molar-refractivity contribution in [1.29, 1.82) is 0 Å². The fourth-order valence-electron chi connectivity index (χ4n) is 4.34. The van der Waals surface area contributed by atoms with Crippen molar-refractivity contribution in [1.82, 2.24) is 25.2 Å². The maximum atomic E-state index is 12.3. The van der Waals surface area contributed by atoms with Gasteiger partial charge in [0.25, 0.3) is 11.5 Å². The van der Waals surface area contributed by atoms with Gasteiger partial charge in [-0.05, 0) is 43.2 Å². The Kier molecular flexibility index (Phi) is 9.58. The van der Waals surface area contributed by atoms with E-state index in [2.05, 4.69) is 30.1 Å². The van der Waals surface area contributed by atoms with Crippen LogP contribution in [0.1, 0.15) is 35.5 Å². The molecule has 1 aliphatic rings. The van der Waals surface area contributed by atoms with E-state index in [4.69, 9.17) is 9.47 Å². The fraction of sp³-hybridized carbons (Fsp3) is 0.481. The maximum absolute atomic E-state index is 12.3. The number of anilines is 1. The van der Waals surface area contributed by atoms with Crippen LogP contribution in [0.2, 0.25) is 0 Å². The van der Waals surface area contributed by atoms with Gasteiger partial charge in [0.2, 0.25) is 0 Å². The summed E-state index contributed by atoms with van der Waals surface area (Å²) < 4.78 is 10.6. The highest BCUT2D eigenvalue weighted by molar-refractivity contribution is 5.92. The van der Waals surface area contributed by atoms with E-state index in [0.29, 0.717) is 45.1 Å². The SMILES string of the molecule is CCOCCOCCNC(=O)c1ccc(N2CCN(Cc3cnc4cc(CC)c(=O)[nH]c4c3)CC2)cn1. The molecule has 1 amide bonds. The highest BCUT2D eigenvalue weighted by Gasteiger charge is 2.18. The largest absolute Gasteiger partial charge is 0.379 e. The van der Waals surface area contributed by atoms with Crippen LogP contribution in [0, 0.1) is 0 Å². The van der Waals surface area contributed by atoms with Crippen molar-refractivity contribution in [3.63, 3.8) is 0 Å². The number of piperazine rings is 1.